The van der Waals surface area contributed by atoms with Crippen LogP contribution in [0.5, 0.6) is 0 Å². The summed E-state index contributed by atoms with van der Waals surface area (Å²) >= 11 is 0. The Hall–Kier alpha value is -3.48. The molecule has 1 unspecified atom stereocenters. The molecule has 1 atom stereocenters. The summed E-state index contributed by atoms with van der Waals surface area (Å²) in [7, 11) is 1.79. The molecule has 2 amide bonds. The molecule has 0 spiro atoms. The number of rotatable bonds is 6. The normalized spacial score (nSPS) is 11.7. The highest BCUT2D eigenvalue weighted by Crippen LogP contribution is 2.23. The van der Waals surface area contributed by atoms with E-state index in [4.69, 9.17) is 0 Å². The van der Waals surface area contributed by atoms with Crippen LogP contribution in [0, 0.1) is 5.82 Å². The highest BCUT2D eigenvalue weighted by Gasteiger charge is 2.23. The minimum atomic E-state index is -0.702. The van der Waals surface area contributed by atoms with Crippen molar-refractivity contribution in [2.75, 3.05) is 5.32 Å². The summed E-state index contributed by atoms with van der Waals surface area (Å²) in [6, 6.07) is 12.6. The van der Waals surface area contributed by atoms with Gasteiger partial charge >= 0.3 is 0 Å². The zero-order valence-corrected chi connectivity index (χ0v) is 15.6. The third-order valence-corrected chi connectivity index (χ3v) is 4.28. The van der Waals surface area contributed by atoms with E-state index in [1.165, 1.54) is 13.0 Å². The molecule has 0 saturated heterocycles. The van der Waals surface area contributed by atoms with Gasteiger partial charge in [-0.25, -0.2) is 9.37 Å². The molecule has 0 aliphatic carbocycles. The molecule has 2 N–H and O–H groups in total. The van der Waals surface area contributed by atoms with Crippen molar-refractivity contribution < 1.29 is 14.0 Å². The molecule has 1 aromatic heterocycles. The average molecular weight is 380 g/mol. The van der Waals surface area contributed by atoms with Gasteiger partial charge in [-0.1, -0.05) is 30.3 Å². The Balaban J connectivity index is 1.77. The Morgan fingerprint density at radius 1 is 1.14 bits per heavy atom. The number of amides is 2. The predicted molar refractivity (Wildman–Crippen MR) is 104 cm³/mol. The summed E-state index contributed by atoms with van der Waals surface area (Å²) in [5, 5.41) is 5.56. The van der Waals surface area contributed by atoms with Crippen LogP contribution in [-0.2, 0) is 23.1 Å². The van der Waals surface area contributed by atoms with Crippen molar-refractivity contribution in [3.05, 3.63) is 83.7 Å². The number of benzene rings is 2. The van der Waals surface area contributed by atoms with E-state index in [9.17, 15) is 14.0 Å². The van der Waals surface area contributed by atoms with Gasteiger partial charge in [0.2, 0.25) is 11.8 Å². The minimum Gasteiger partial charge on any atom is -0.342 e. The first kappa shape index (κ1) is 19.3. The van der Waals surface area contributed by atoms with Gasteiger partial charge in [0.15, 0.2) is 0 Å². The minimum absolute atomic E-state index is 0.121. The van der Waals surface area contributed by atoms with Crippen molar-refractivity contribution in [1.82, 2.24) is 14.9 Å². The van der Waals surface area contributed by atoms with E-state index < -0.39 is 11.9 Å². The lowest BCUT2D eigenvalue weighted by molar-refractivity contribution is -0.121. The zero-order valence-electron chi connectivity index (χ0n) is 15.6. The number of anilines is 1. The number of imidazole rings is 1. The van der Waals surface area contributed by atoms with Crippen LogP contribution in [-0.4, -0.2) is 21.4 Å². The number of nitrogens with one attached hydrogen (secondary N) is 2. The second kappa shape index (κ2) is 8.47. The Bertz CT molecular complexity index is 982. The fourth-order valence-electron chi connectivity index (χ4n) is 2.95. The standard InChI is InChI=1S/C21H21FN4O2/c1-14(27)24-16-9-7-15(8-10-16)13-19(28)25-20(21-23-11-12-26(21)2)17-5-3-4-6-18(17)22/h3-12,20H,13H2,1-2H3,(H,24,27)(H,25,28). The highest BCUT2D eigenvalue weighted by molar-refractivity contribution is 5.88. The molecule has 0 aliphatic heterocycles. The maximum absolute atomic E-state index is 14.4. The van der Waals surface area contributed by atoms with Crippen LogP contribution in [0.1, 0.15) is 29.9 Å². The molecule has 2 aromatic carbocycles. The summed E-state index contributed by atoms with van der Waals surface area (Å²) in [6.45, 7) is 1.43. The molecule has 3 rings (SSSR count). The Kier molecular flexibility index (Phi) is 5.84. The molecule has 0 fully saturated rings. The number of carbonyl (C=O) groups is 2. The number of hydrogen-bond donors (Lipinski definition) is 2. The fourth-order valence-corrected chi connectivity index (χ4v) is 2.95. The summed E-state index contributed by atoms with van der Waals surface area (Å²) in [4.78, 5) is 28.0. The predicted octanol–water partition coefficient (Wildman–Crippen LogP) is 2.97. The van der Waals surface area contributed by atoms with Gasteiger partial charge in [-0.3, -0.25) is 9.59 Å². The SMILES string of the molecule is CC(=O)Nc1ccc(CC(=O)NC(c2ccccc2F)c2nccn2C)cc1. The first-order valence-corrected chi connectivity index (χ1v) is 8.81. The third kappa shape index (κ3) is 4.62. The van der Waals surface area contributed by atoms with E-state index in [0.29, 0.717) is 17.1 Å². The average Bonchev–Trinajstić information content (AvgIpc) is 3.07. The fraction of sp³-hybridized carbons (Fsp3) is 0.190. The topological polar surface area (TPSA) is 76.0 Å². The van der Waals surface area contributed by atoms with Gasteiger partial charge < -0.3 is 15.2 Å². The molecule has 1 heterocycles. The maximum Gasteiger partial charge on any atom is 0.225 e. The molecule has 0 aliphatic rings. The third-order valence-electron chi connectivity index (χ3n) is 4.28. The number of halogens is 1. The lowest BCUT2D eigenvalue weighted by Crippen LogP contribution is -2.32. The Morgan fingerprint density at radius 3 is 2.46 bits per heavy atom. The van der Waals surface area contributed by atoms with E-state index in [2.05, 4.69) is 15.6 Å². The molecular weight excluding hydrogens is 359 g/mol. The van der Waals surface area contributed by atoms with Crippen molar-refractivity contribution in [2.24, 2.45) is 7.05 Å². The molecule has 6 nitrogen and oxygen atoms in total. The van der Waals surface area contributed by atoms with Crippen LogP contribution < -0.4 is 10.6 Å². The van der Waals surface area contributed by atoms with Crippen LogP contribution in [0.15, 0.2) is 60.9 Å². The van der Waals surface area contributed by atoms with Crippen molar-refractivity contribution in [1.29, 1.82) is 0 Å². The summed E-state index contributed by atoms with van der Waals surface area (Å²) in [5.74, 6) is -0.285. The zero-order chi connectivity index (χ0) is 20.1. The van der Waals surface area contributed by atoms with Crippen LogP contribution in [0.3, 0.4) is 0 Å². The summed E-state index contributed by atoms with van der Waals surface area (Å²) in [5.41, 5.74) is 1.79. The van der Waals surface area contributed by atoms with E-state index in [1.54, 1.807) is 66.5 Å². The molecule has 0 bridgehead atoms. The quantitative estimate of drug-likeness (QED) is 0.690. The van der Waals surface area contributed by atoms with Gasteiger partial charge in [0.1, 0.15) is 17.7 Å². The van der Waals surface area contributed by atoms with Gasteiger partial charge in [-0.15, -0.1) is 0 Å². The largest absolute Gasteiger partial charge is 0.342 e. The summed E-state index contributed by atoms with van der Waals surface area (Å²) in [6.07, 6.45) is 3.47. The van der Waals surface area contributed by atoms with Crippen molar-refractivity contribution in [3.63, 3.8) is 0 Å². The first-order chi connectivity index (χ1) is 13.4. The Morgan fingerprint density at radius 2 is 1.86 bits per heavy atom. The van der Waals surface area contributed by atoms with E-state index in [-0.39, 0.29) is 18.2 Å². The number of hydrogen-bond acceptors (Lipinski definition) is 3. The molecule has 3 aromatic rings. The smallest absolute Gasteiger partial charge is 0.225 e. The molecule has 28 heavy (non-hydrogen) atoms. The second-order valence-electron chi connectivity index (χ2n) is 6.47. The maximum atomic E-state index is 14.4. The first-order valence-electron chi connectivity index (χ1n) is 8.81. The monoisotopic (exact) mass is 380 g/mol. The number of nitrogens with zero attached hydrogens (tertiary/aromatic N) is 2. The molecule has 0 radical (unpaired) electrons. The highest BCUT2D eigenvalue weighted by atomic mass is 19.1. The summed E-state index contributed by atoms with van der Waals surface area (Å²) < 4.78 is 16.1. The van der Waals surface area contributed by atoms with Gasteiger partial charge in [0.25, 0.3) is 0 Å². The van der Waals surface area contributed by atoms with E-state index >= 15 is 0 Å². The molecule has 144 valence electrons. The molecular formula is C21H21FN4O2. The lowest BCUT2D eigenvalue weighted by Gasteiger charge is -2.20. The van der Waals surface area contributed by atoms with E-state index in [0.717, 1.165) is 5.56 Å². The van der Waals surface area contributed by atoms with Crippen molar-refractivity contribution in [3.8, 4) is 0 Å². The number of aromatic nitrogens is 2. The van der Waals surface area contributed by atoms with Crippen LogP contribution in [0.25, 0.3) is 0 Å². The molecule has 0 saturated carbocycles. The lowest BCUT2D eigenvalue weighted by atomic mass is 10.0. The van der Waals surface area contributed by atoms with Crippen molar-refractivity contribution in [2.45, 2.75) is 19.4 Å². The van der Waals surface area contributed by atoms with Gasteiger partial charge in [0, 0.05) is 37.6 Å². The molecule has 7 heteroatoms. The van der Waals surface area contributed by atoms with Crippen LogP contribution >= 0.6 is 0 Å². The van der Waals surface area contributed by atoms with Crippen LogP contribution in [0.2, 0.25) is 0 Å². The van der Waals surface area contributed by atoms with E-state index in [1.807, 2.05) is 0 Å². The van der Waals surface area contributed by atoms with Gasteiger partial charge in [0.05, 0.1) is 6.42 Å². The second-order valence-corrected chi connectivity index (χ2v) is 6.47. The van der Waals surface area contributed by atoms with Crippen molar-refractivity contribution >= 4 is 17.5 Å². The van der Waals surface area contributed by atoms with Gasteiger partial charge in [-0.05, 0) is 23.8 Å². The van der Waals surface area contributed by atoms with Crippen LogP contribution in [0.4, 0.5) is 10.1 Å². The number of carbonyl (C=O) groups excluding carboxylic acids is 2. The van der Waals surface area contributed by atoms with Gasteiger partial charge in [-0.2, -0.15) is 0 Å². The Labute approximate surface area is 162 Å². The number of aryl methyl sites for hydroxylation is 1.